The molecule has 3 aromatic rings. The molecule has 0 fully saturated rings. The molecule has 128 valence electrons. The van der Waals surface area contributed by atoms with Crippen LogP contribution < -0.4 is 4.74 Å². The van der Waals surface area contributed by atoms with E-state index >= 15 is 0 Å². The van der Waals surface area contributed by atoms with Crippen LogP contribution >= 0.6 is 0 Å². The van der Waals surface area contributed by atoms with Gasteiger partial charge in [-0.3, -0.25) is 4.90 Å². The zero-order chi connectivity index (χ0) is 17.1. The maximum absolute atomic E-state index is 5.85. The van der Waals surface area contributed by atoms with Gasteiger partial charge in [0.25, 0.3) is 0 Å². The Balaban J connectivity index is 1.33. The van der Waals surface area contributed by atoms with Crippen molar-refractivity contribution in [3.63, 3.8) is 0 Å². The molecule has 2 heterocycles. The van der Waals surface area contributed by atoms with Gasteiger partial charge in [0.05, 0.1) is 6.54 Å². The average Bonchev–Trinajstić information content (AvgIpc) is 3.02. The lowest BCUT2D eigenvalue weighted by Gasteiger charge is -2.27. The van der Waals surface area contributed by atoms with Crippen LogP contribution in [0.15, 0.2) is 54.6 Å². The first-order valence-electron chi connectivity index (χ1n) is 8.64. The Labute approximate surface area is 147 Å². The monoisotopic (exact) mass is 334 g/mol. The number of fused-ring (bicyclic) bond motifs is 1. The Kier molecular flexibility index (Phi) is 4.48. The van der Waals surface area contributed by atoms with Crippen molar-refractivity contribution in [1.82, 2.24) is 19.7 Å². The Morgan fingerprint density at radius 1 is 0.920 bits per heavy atom. The zero-order valence-corrected chi connectivity index (χ0v) is 14.4. The molecule has 1 aliphatic rings. The fourth-order valence-corrected chi connectivity index (χ4v) is 3.18. The maximum atomic E-state index is 5.85. The van der Waals surface area contributed by atoms with E-state index in [1.165, 1.54) is 11.1 Å². The number of aryl methyl sites for hydroxylation is 1. The molecular formula is C20H22N4O. The summed E-state index contributed by atoms with van der Waals surface area (Å²) in [5.41, 5.74) is 2.47. The summed E-state index contributed by atoms with van der Waals surface area (Å²) in [6.45, 7) is 6.38. The highest BCUT2D eigenvalue weighted by Gasteiger charge is 2.19. The molecule has 0 N–H and O–H groups in total. The summed E-state index contributed by atoms with van der Waals surface area (Å²) in [6.07, 6.45) is 0. The highest BCUT2D eigenvalue weighted by molar-refractivity contribution is 5.28. The van der Waals surface area contributed by atoms with Crippen LogP contribution in [0.5, 0.6) is 5.75 Å². The third kappa shape index (κ3) is 3.72. The van der Waals surface area contributed by atoms with Crippen LogP contribution in [0, 0.1) is 6.92 Å². The number of aromatic nitrogens is 3. The van der Waals surface area contributed by atoms with Gasteiger partial charge in [-0.1, -0.05) is 42.5 Å². The number of hydrogen-bond donors (Lipinski definition) is 0. The number of benzene rings is 2. The Bertz CT molecular complexity index is 827. The van der Waals surface area contributed by atoms with Gasteiger partial charge in [-0.05, 0) is 30.2 Å². The SMILES string of the molecule is Cc1nnc2n1CCN(Cc1ccc(OCc3ccccc3)cc1)C2. The van der Waals surface area contributed by atoms with Crippen LogP contribution in [0.25, 0.3) is 0 Å². The molecule has 0 saturated carbocycles. The molecule has 5 heteroatoms. The minimum atomic E-state index is 0.599. The molecule has 0 radical (unpaired) electrons. The van der Waals surface area contributed by atoms with Gasteiger partial charge in [0.2, 0.25) is 0 Å². The molecule has 0 unspecified atom stereocenters. The molecule has 0 amide bonds. The molecular weight excluding hydrogens is 312 g/mol. The van der Waals surface area contributed by atoms with Crippen LogP contribution in [-0.4, -0.2) is 26.2 Å². The summed E-state index contributed by atoms with van der Waals surface area (Å²) in [4.78, 5) is 2.41. The van der Waals surface area contributed by atoms with E-state index in [0.717, 1.165) is 43.6 Å². The minimum Gasteiger partial charge on any atom is -0.489 e. The third-order valence-electron chi connectivity index (χ3n) is 4.60. The van der Waals surface area contributed by atoms with Crippen molar-refractivity contribution in [2.45, 2.75) is 33.2 Å². The number of ether oxygens (including phenoxy) is 1. The summed E-state index contributed by atoms with van der Waals surface area (Å²) in [6, 6.07) is 18.6. The molecule has 5 nitrogen and oxygen atoms in total. The minimum absolute atomic E-state index is 0.599. The van der Waals surface area contributed by atoms with Gasteiger partial charge >= 0.3 is 0 Å². The van der Waals surface area contributed by atoms with Crippen molar-refractivity contribution in [3.8, 4) is 5.75 Å². The van der Waals surface area contributed by atoms with Crippen LogP contribution in [0.3, 0.4) is 0 Å². The molecule has 1 aromatic heterocycles. The summed E-state index contributed by atoms with van der Waals surface area (Å²) in [7, 11) is 0. The third-order valence-corrected chi connectivity index (χ3v) is 4.60. The second kappa shape index (κ2) is 7.07. The molecule has 0 atom stereocenters. The van der Waals surface area contributed by atoms with E-state index < -0.39 is 0 Å². The first-order chi connectivity index (χ1) is 12.3. The van der Waals surface area contributed by atoms with E-state index in [2.05, 4.69) is 56.1 Å². The molecule has 2 aromatic carbocycles. The van der Waals surface area contributed by atoms with Crippen LogP contribution in [-0.2, 0) is 26.2 Å². The standard InChI is InChI=1S/C20H22N4O/c1-16-21-22-20-14-23(11-12-24(16)20)13-17-7-9-19(10-8-17)25-15-18-5-3-2-4-6-18/h2-10H,11-15H2,1H3. The van der Waals surface area contributed by atoms with Crippen molar-refractivity contribution in [3.05, 3.63) is 77.4 Å². The highest BCUT2D eigenvalue weighted by Crippen LogP contribution is 2.18. The second-order valence-corrected chi connectivity index (χ2v) is 6.44. The second-order valence-electron chi connectivity index (χ2n) is 6.44. The lowest BCUT2D eigenvalue weighted by Crippen LogP contribution is -2.33. The van der Waals surface area contributed by atoms with E-state index in [0.29, 0.717) is 6.61 Å². The number of rotatable bonds is 5. The van der Waals surface area contributed by atoms with Gasteiger partial charge in [-0.15, -0.1) is 10.2 Å². The number of nitrogens with zero attached hydrogens (tertiary/aromatic N) is 4. The predicted molar refractivity (Wildman–Crippen MR) is 96.1 cm³/mol. The smallest absolute Gasteiger partial charge is 0.147 e. The van der Waals surface area contributed by atoms with Gasteiger partial charge < -0.3 is 9.30 Å². The Morgan fingerprint density at radius 3 is 2.52 bits per heavy atom. The molecule has 0 aliphatic carbocycles. The van der Waals surface area contributed by atoms with Crippen molar-refractivity contribution >= 4 is 0 Å². The first kappa shape index (κ1) is 15.8. The van der Waals surface area contributed by atoms with E-state index in [-0.39, 0.29) is 0 Å². The van der Waals surface area contributed by atoms with Gasteiger partial charge in [0.15, 0.2) is 0 Å². The van der Waals surface area contributed by atoms with Gasteiger partial charge in [-0.25, -0.2) is 0 Å². The van der Waals surface area contributed by atoms with E-state index in [4.69, 9.17) is 4.74 Å². The Hall–Kier alpha value is -2.66. The lowest BCUT2D eigenvalue weighted by molar-refractivity contribution is 0.207. The van der Waals surface area contributed by atoms with E-state index in [9.17, 15) is 0 Å². The van der Waals surface area contributed by atoms with E-state index in [1.54, 1.807) is 0 Å². The highest BCUT2D eigenvalue weighted by atomic mass is 16.5. The van der Waals surface area contributed by atoms with Crippen molar-refractivity contribution in [1.29, 1.82) is 0 Å². The largest absolute Gasteiger partial charge is 0.489 e. The topological polar surface area (TPSA) is 43.2 Å². The Morgan fingerprint density at radius 2 is 1.72 bits per heavy atom. The average molecular weight is 334 g/mol. The molecule has 25 heavy (non-hydrogen) atoms. The van der Waals surface area contributed by atoms with Crippen LogP contribution in [0.1, 0.15) is 22.8 Å². The normalized spacial score (nSPS) is 14.3. The molecule has 4 rings (SSSR count). The molecule has 0 bridgehead atoms. The maximum Gasteiger partial charge on any atom is 0.147 e. The van der Waals surface area contributed by atoms with Crippen LogP contribution in [0.4, 0.5) is 0 Å². The predicted octanol–water partition coefficient (Wildman–Crippen LogP) is 3.18. The first-order valence-corrected chi connectivity index (χ1v) is 8.64. The molecule has 0 spiro atoms. The summed E-state index contributed by atoms with van der Waals surface area (Å²) in [5.74, 6) is 2.97. The van der Waals surface area contributed by atoms with Gasteiger partial charge in [0.1, 0.15) is 24.0 Å². The van der Waals surface area contributed by atoms with Gasteiger partial charge in [-0.2, -0.15) is 0 Å². The zero-order valence-electron chi connectivity index (χ0n) is 14.4. The summed E-state index contributed by atoms with van der Waals surface area (Å²) >= 11 is 0. The van der Waals surface area contributed by atoms with Gasteiger partial charge in [0, 0.05) is 19.6 Å². The summed E-state index contributed by atoms with van der Waals surface area (Å²) in [5, 5.41) is 8.43. The molecule has 0 saturated heterocycles. The van der Waals surface area contributed by atoms with Crippen molar-refractivity contribution in [2.24, 2.45) is 0 Å². The lowest BCUT2D eigenvalue weighted by atomic mass is 10.2. The fraction of sp³-hybridized carbons (Fsp3) is 0.300. The summed E-state index contributed by atoms with van der Waals surface area (Å²) < 4.78 is 8.06. The van der Waals surface area contributed by atoms with Crippen molar-refractivity contribution < 1.29 is 4.74 Å². The number of hydrogen-bond acceptors (Lipinski definition) is 4. The molecule has 1 aliphatic heterocycles. The fourth-order valence-electron chi connectivity index (χ4n) is 3.18. The van der Waals surface area contributed by atoms with Crippen LogP contribution in [0.2, 0.25) is 0 Å². The van der Waals surface area contributed by atoms with E-state index in [1.807, 2.05) is 25.1 Å². The van der Waals surface area contributed by atoms with Crippen molar-refractivity contribution in [2.75, 3.05) is 6.54 Å². The quantitative estimate of drug-likeness (QED) is 0.719.